The standard InChI is InChI=1S/C18H30N2/c1-2-3-4-5-7-14-19-17-10-12-18(13-11-17)20-15-8-6-9-16-20/h10-13,19H,2-9,14-16H2,1H3. The first-order valence-corrected chi connectivity index (χ1v) is 8.49. The Morgan fingerprint density at radius 2 is 1.60 bits per heavy atom. The summed E-state index contributed by atoms with van der Waals surface area (Å²) in [5.41, 5.74) is 2.65. The Labute approximate surface area is 124 Å². The zero-order valence-electron chi connectivity index (χ0n) is 13.0. The number of hydrogen-bond acceptors (Lipinski definition) is 2. The van der Waals surface area contributed by atoms with E-state index in [-0.39, 0.29) is 0 Å². The molecule has 0 saturated carbocycles. The van der Waals surface area contributed by atoms with E-state index in [1.807, 2.05) is 0 Å². The zero-order chi connectivity index (χ0) is 14.0. The van der Waals surface area contributed by atoms with Gasteiger partial charge in [-0.3, -0.25) is 0 Å². The molecular formula is C18H30N2. The molecule has 0 atom stereocenters. The topological polar surface area (TPSA) is 15.3 Å². The van der Waals surface area contributed by atoms with E-state index >= 15 is 0 Å². The fourth-order valence-corrected chi connectivity index (χ4v) is 2.90. The van der Waals surface area contributed by atoms with E-state index in [0.717, 1.165) is 6.54 Å². The van der Waals surface area contributed by atoms with Crippen LogP contribution in [0.15, 0.2) is 24.3 Å². The molecule has 1 aromatic carbocycles. The maximum atomic E-state index is 3.53. The van der Waals surface area contributed by atoms with Crippen LogP contribution in [0.4, 0.5) is 11.4 Å². The van der Waals surface area contributed by atoms with Crippen LogP contribution in [-0.2, 0) is 0 Å². The van der Waals surface area contributed by atoms with Crippen molar-refractivity contribution in [3.05, 3.63) is 24.3 Å². The maximum absolute atomic E-state index is 3.53. The Kier molecular flexibility index (Phi) is 6.76. The van der Waals surface area contributed by atoms with Crippen molar-refractivity contribution in [2.75, 3.05) is 29.9 Å². The summed E-state index contributed by atoms with van der Waals surface area (Å²) in [6.07, 6.45) is 10.8. The van der Waals surface area contributed by atoms with Crippen LogP contribution in [0.5, 0.6) is 0 Å². The molecule has 1 heterocycles. The molecule has 1 fully saturated rings. The second-order valence-corrected chi connectivity index (χ2v) is 5.94. The van der Waals surface area contributed by atoms with Crippen molar-refractivity contribution in [2.45, 2.75) is 58.3 Å². The molecule has 112 valence electrons. The number of benzene rings is 1. The lowest BCUT2D eigenvalue weighted by Crippen LogP contribution is -2.29. The van der Waals surface area contributed by atoms with E-state index < -0.39 is 0 Å². The molecule has 0 bridgehead atoms. The van der Waals surface area contributed by atoms with Crippen LogP contribution >= 0.6 is 0 Å². The van der Waals surface area contributed by atoms with Crippen LogP contribution in [0.2, 0.25) is 0 Å². The molecule has 0 amide bonds. The first-order chi connectivity index (χ1) is 9.90. The molecule has 0 unspecified atom stereocenters. The molecule has 2 nitrogen and oxygen atoms in total. The van der Waals surface area contributed by atoms with Crippen molar-refractivity contribution < 1.29 is 0 Å². The smallest absolute Gasteiger partial charge is 0.0367 e. The lowest BCUT2D eigenvalue weighted by atomic mass is 10.1. The highest BCUT2D eigenvalue weighted by Gasteiger charge is 2.10. The highest BCUT2D eigenvalue weighted by Crippen LogP contribution is 2.21. The SMILES string of the molecule is CCCCCCCNc1ccc(N2CCCCC2)cc1. The molecule has 0 aromatic heterocycles. The summed E-state index contributed by atoms with van der Waals surface area (Å²) in [6, 6.07) is 9.00. The summed E-state index contributed by atoms with van der Waals surface area (Å²) < 4.78 is 0. The van der Waals surface area contributed by atoms with Crippen molar-refractivity contribution in [3.63, 3.8) is 0 Å². The molecule has 1 saturated heterocycles. The molecule has 0 spiro atoms. The van der Waals surface area contributed by atoms with E-state index in [1.165, 1.54) is 75.8 Å². The van der Waals surface area contributed by atoms with Gasteiger partial charge in [-0.1, -0.05) is 32.6 Å². The van der Waals surface area contributed by atoms with Gasteiger partial charge in [0.1, 0.15) is 0 Å². The molecule has 1 N–H and O–H groups in total. The van der Waals surface area contributed by atoms with Crippen LogP contribution in [-0.4, -0.2) is 19.6 Å². The number of piperidine rings is 1. The van der Waals surface area contributed by atoms with Gasteiger partial charge >= 0.3 is 0 Å². The molecule has 0 aliphatic carbocycles. The van der Waals surface area contributed by atoms with Crippen LogP contribution < -0.4 is 10.2 Å². The summed E-state index contributed by atoms with van der Waals surface area (Å²) in [5.74, 6) is 0. The molecule has 1 aliphatic heterocycles. The molecule has 2 heteroatoms. The first kappa shape index (κ1) is 15.2. The van der Waals surface area contributed by atoms with Gasteiger partial charge in [-0.25, -0.2) is 0 Å². The highest BCUT2D eigenvalue weighted by molar-refractivity contribution is 5.55. The van der Waals surface area contributed by atoms with E-state index in [2.05, 4.69) is 41.4 Å². The lowest BCUT2D eigenvalue weighted by molar-refractivity contribution is 0.578. The third kappa shape index (κ3) is 5.07. The van der Waals surface area contributed by atoms with Crippen molar-refractivity contribution in [2.24, 2.45) is 0 Å². The minimum absolute atomic E-state index is 1.10. The van der Waals surface area contributed by atoms with E-state index in [1.54, 1.807) is 0 Å². The lowest BCUT2D eigenvalue weighted by Gasteiger charge is -2.28. The van der Waals surface area contributed by atoms with Gasteiger partial charge in [-0.15, -0.1) is 0 Å². The minimum Gasteiger partial charge on any atom is -0.385 e. The van der Waals surface area contributed by atoms with Gasteiger partial charge in [0, 0.05) is 31.0 Å². The number of nitrogens with zero attached hydrogens (tertiary/aromatic N) is 1. The van der Waals surface area contributed by atoms with Gasteiger partial charge in [-0.2, -0.15) is 0 Å². The van der Waals surface area contributed by atoms with Crippen molar-refractivity contribution in [3.8, 4) is 0 Å². The van der Waals surface area contributed by atoms with Crippen LogP contribution in [0.1, 0.15) is 58.3 Å². The second kappa shape index (κ2) is 8.89. The van der Waals surface area contributed by atoms with Crippen molar-refractivity contribution in [1.82, 2.24) is 0 Å². The molecule has 1 aliphatic rings. The summed E-state index contributed by atoms with van der Waals surface area (Å²) >= 11 is 0. The van der Waals surface area contributed by atoms with Crippen LogP contribution in [0.25, 0.3) is 0 Å². The third-order valence-electron chi connectivity index (χ3n) is 4.20. The van der Waals surface area contributed by atoms with Gasteiger partial charge in [0.05, 0.1) is 0 Å². The molecule has 1 aromatic rings. The second-order valence-electron chi connectivity index (χ2n) is 5.94. The van der Waals surface area contributed by atoms with Crippen molar-refractivity contribution >= 4 is 11.4 Å². The Balaban J connectivity index is 1.68. The molecular weight excluding hydrogens is 244 g/mol. The average molecular weight is 274 g/mol. The summed E-state index contributed by atoms with van der Waals surface area (Å²) in [4.78, 5) is 2.51. The largest absolute Gasteiger partial charge is 0.385 e. The summed E-state index contributed by atoms with van der Waals surface area (Å²) in [7, 11) is 0. The number of nitrogens with one attached hydrogen (secondary N) is 1. The van der Waals surface area contributed by atoms with E-state index in [0.29, 0.717) is 0 Å². The predicted octanol–water partition coefficient (Wildman–Crippen LogP) is 5.06. The summed E-state index contributed by atoms with van der Waals surface area (Å²) in [6.45, 7) is 5.82. The first-order valence-electron chi connectivity index (χ1n) is 8.49. The van der Waals surface area contributed by atoms with E-state index in [4.69, 9.17) is 0 Å². The molecule has 0 radical (unpaired) electrons. The van der Waals surface area contributed by atoms with Gasteiger partial charge in [0.2, 0.25) is 0 Å². The van der Waals surface area contributed by atoms with Gasteiger partial charge in [0.25, 0.3) is 0 Å². The van der Waals surface area contributed by atoms with E-state index in [9.17, 15) is 0 Å². The maximum Gasteiger partial charge on any atom is 0.0367 e. The summed E-state index contributed by atoms with van der Waals surface area (Å²) in [5, 5.41) is 3.53. The Morgan fingerprint density at radius 3 is 2.30 bits per heavy atom. The number of unbranched alkanes of at least 4 members (excludes halogenated alkanes) is 4. The normalized spacial score (nSPS) is 15.3. The van der Waals surface area contributed by atoms with Gasteiger partial charge < -0.3 is 10.2 Å². The number of rotatable bonds is 8. The third-order valence-corrected chi connectivity index (χ3v) is 4.20. The average Bonchev–Trinajstić information content (AvgIpc) is 2.52. The van der Waals surface area contributed by atoms with Crippen molar-refractivity contribution in [1.29, 1.82) is 0 Å². The minimum atomic E-state index is 1.10. The van der Waals surface area contributed by atoms with Crippen LogP contribution in [0.3, 0.4) is 0 Å². The molecule has 20 heavy (non-hydrogen) atoms. The fourth-order valence-electron chi connectivity index (χ4n) is 2.90. The predicted molar refractivity (Wildman–Crippen MR) is 89.8 cm³/mol. The van der Waals surface area contributed by atoms with Gasteiger partial charge in [0.15, 0.2) is 0 Å². The molecule has 2 rings (SSSR count). The Hall–Kier alpha value is -1.18. The number of hydrogen-bond donors (Lipinski definition) is 1. The highest BCUT2D eigenvalue weighted by atomic mass is 15.1. The fraction of sp³-hybridized carbons (Fsp3) is 0.667. The monoisotopic (exact) mass is 274 g/mol. The quantitative estimate of drug-likeness (QED) is 0.667. The number of anilines is 2. The zero-order valence-corrected chi connectivity index (χ0v) is 13.0. The Morgan fingerprint density at radius 1 is 0.900 bits per heavy atom. The Bertz CT molecular complexity index is 352. The van der Waals surface area contributed by atoms with Crippen LogP contribution in [0, 0.1) is 0 Å². The van der Waals surface area contributed by atoms with Gasteiger partial charge in [-0.05, 0) is 49.9 Å².